The van der Waals surface area contributed by atoms with Crippen molar-refractivity contribution in [2.45, 2.75) is 61.8 Å². The van der Waals surface area contributed by atoms with Crippen LogP contribution in [-0.4, -0.2) is 69.8 Å². The standard InChI is InChI=1S/C30H32N2O4/c1-4-13-32-14-12-29-25-17-22(31(3)26(34)11-8-20-7-5-6-19(2)15-20)18-30(29,35)24(32)16-21-9-10-23(33)28(36-25)27(21)29/h4-7,9-10,15,22,24-25,33,35H,1,12-14,16-18H2,2-3H3/t22-,24-,25+,29-,30-/m1/s1. The highest BCUT2D eigenvalue weighted by Crippen LogP contribution is 2.65. The number of aromatic hydroxyl groups is 1. The summed E-state index contributed by atoms with van der Waals surface area (Å²) in [5, 5.41) is 23.3. The smallest absolute Gasteiger partial charge is 0.298 e. The van der Waals surface area contributed by atoms with Gasteiger partial charge in [0, 0.05) is 49.1 Å². The number of hydrogen-bond donors (Lipinski definition) is 2. The molecule has 0 radical (unpaired) electrons. The van der Waals surface area contributed by atoms with Crippen LogP contribution in [0.25, 0.3) is 0 Å². The van der Waals surface area contributed by atoms with Crippen molar-refractivity contribution in [3.8, 4) is 23.3 Å². The van der Waals surface area contributed by atoms with E-state index in [9.17, 15) is 15.0 Å². The van der Waals surface area contributed by atoms with Crippen LogP contribution < -0.4 is 4.74 Å². The Morgan fingerprint density at radius 3 is 2.97 bits per heavy atom. The molecular weight excluding hydrogens is 452 g/mol. The lowest BCUT2D eigenvalue weighted by molar-refractivity contribution is -0.196. The number of amides is 1. The van der Waals surface area contributed by atoms with E-state index in [1.807, 2.05) is 43.3 Å². The Morgan fingerprint density at radius 2 is 2.19 bits per heavy atom. The Balaban J connectivity index is 1.37. The molecule has 2 fully saturated rings. The highest BCUT2D eigenvalue weighted by Gasteiger charge is 2.72. The van der Waals surface area contributed by atoms with E-state index < -0.39 is 11.0 Å². The van der Waals surface area contributed by atoms with Gasteiger partial charge in [-0.3, -0.25) is 9.69 Å². The quantitative estimate of drug-likeness (QED) is 0.518. The van der Waals surface area contributed by atoms with Crippen LogP contribution in [0.15, 0.2) is 49.1 Å². The van der Waals surface area contributed by atoms with Gasteiger partial charge in [-0.25, -0.2) is 0 Å². The van der Waals surface area contributed by atoms with E-state index in [4.69, 9.17) is 4.74 Å². The molecule has 2 heterocycles. The van der Waals surface area contributed by atoms with Crippen LogP contribution in [0.1, 0.15) is 41.5 Å². The van der Waals surface area contributed by atoms with Crippen molar-refractivity contribution in [2.75, 3.05) is 20.1 Å². The molecule has 5 atom stereocenters. The minimum atomic E-state index is -1.10. The molecule has 2 aromatic rings. The number of phenolic OH excluding ortho intramolecular Hbond substituents is 1. The summed E-state index contributed by atoms with van der Waals surface area (Å²) < 4.78 is 6.45. The normalized spacial score (nSPS) is 31.5. The van der Waals surface area contributed by atoms with Gasteiger partial charge in [0.25, 0.3) is 5.91 Å². The lowest BCUT2D eigenvalue weighted by Crippen LogP contribution is -2.77. The van der Waals surface area contributed by atoms with Crippen LogP contribution in [0.4, 0.5) is 0 Å². The number of phenols is 1. The van der Waals surface area contributed by atoms with Crippen molar-refractivity contribution >= 4 is 5.91 Å². The zero-order valence-electron chi connectivity index (χ0n) is 20.8. The van der Waals surface area contributed by atoms with Crippen molar-refractivity contribution in [1.29, 1.82) is 0 Å². The summed E-state index contributed by atoms with van der Waals surface area (Å²) in [4.78, 5) is 17.1. The second kappa shape index (κ2) is 8.12. The van der Waals surface area contributed by atoms with E-state index in [2.05, 4.69) is 23.3 Å². The number of nitrogens with zero attached hydrogens (tertiary/aromatic N) is 2. The molecule has 2 aliphatic heterocycles. The van der Waals surface area contributed by atoms with Gasteiger partial charge in [0.2, 0.25) is 0 Å². The molecule has 6 rings (SSSR count). The zero-order valence-corrected chi connectivity index (χ0v) is 20.8. The Labute approximate surface area is 212 Å². The molecule has 2 aliphatic carbocycles. The monoisotopic (exact) mass is 484 g/mol. The summed E-state index contributed by atoms with van der Waals surface area (Å²) in [7, 11) is 1.77. The van der Waals surface area contributed by atoms with E-state index in [1.165, 1.54) is 0 Å². The van der Waals surface area contributed by atoms with Gasteiger partial charge >= 0.3 is 0 Å². The Morgan fingerprint density at radius 1 is 1.36 bits per heavy atom. The fourth-order valence-electron chi connectivity index (χ4n) is 7.41. The third kappa shape index (κ3) is 3.09. The molecule has 1 saturated heterocycles. The Hall–Kier alpha value is -3.27. The molecule has 6 heteroatoms. The predicted molar refractivity (Wildman–Crippen MR) is 137 cm³/mol. The summed E-state index contributed by atoms with van der Waals surface area (Å²) in [6.45, 7) is 7.45. The SMILES string of the molecule is C=CCN1CC[C@]23c4c5ccc(O)c4O[C@H]2C[C@@H](N(C)C(=O)C#Cc2cccc(C)c2)C[C@@]3(O)[C@H]1C5. The lowest BCUT2D eigenvalue weighted by atomic mass is 9.48. The topological polar surface area (TPSA) is 73.2 Å². The number of aryl methyl sites for hydroxylation is 1. The molecule has 1 spiro atoms. The molecule has 186 valence electrons. The highest BCUT2D eigenvalue weighted by atomic mass is 16.5. The molecule has 4 aliphatic rings. The predicted octanol–water partition coefficient (Wildman–Crippen LogP) is 2.92. The zero-order chi connectivity index (χ0) is 25.2. The van der Waals surface area contributed by atoms with Gasteiger partial charge in [0.05, 0.1) is 11.0 Å². The van der Waals surface area contributed by atoms with Crippen molar-refractivity contribution < 1.29 is 19.7 Å². The molecule has 1 amide bonds. The Kier molecular flexibility index (Phi) is 5.22. The summed E-state index contributed by atoms with van der Waals surface area (Å²) in [5.74, 6) is 6.15. The lowest BCUT2D eigenvalue weighted by Gasteiger charge is -2.64. The average molecular weight is 485 g/mol. The van der Waals surface area contributed by atoms with Gasteiger partial charge in [-0.1, -0.05) is 30.2 Å². The van der Waals surface area contributed by atoms with E-state index >= 15 is 0 Å². The van der Waals surface area contributed by atoms with Crippen molar-refractivity contribution in [1.82, 2.24) is 9.80 Å². The maximum Gasteiger partial charge on any atom is 0.298 e. The fraction of sp³-hybridized carbons (Fsp3) is 0.433. The van der Waals surface area contributed by atoms with Crippen LogP contribution in [0.2, 0.25) is 0 Å². The molecule has 2 N–H and O–H groups in total. The number of rotatable bonds is 3. The third-order valence-corrected chi connectivity index (χ3v) is 9.05. The average Bonchev–Trinajstić information content (AvgIpc) is 3.19. The number of carbonyl (C=O) groups is 1. The number of aliphatic hydroxyl groups is 1. The maximum atomic E-state index is 13.2. The second-order valence-electron chi connectivity index (χ2n) is 10.8. The molecule has 6 nitrogen and oxygen atoms in total. The minimum absolute atomic E-state index is 0.122. The minimum Gasteiger partial charge on any atom is -0.504 e. The first-order valence-corrected chi connectivity index (χ1v) is 12.7. The molecule has 0 aromatic heterocycles. The molecule has 2 aromatic carbocycles. The van der Waals surface area contributed by atoms with Crippen LogP contribution in [0.3, 0.4) is 0 Å². The van der Waals surface area contributed by atoms with E-state index in [0.717, 1.165) is 35.2 Å². The van der Waals surface area contributed by atoms with Gasteiger partial charge < -0.3 is 19.8 Å². The van der Waals surface area contributed by atoms with Crippen molar-refractivity contribution in [3.05, 3.63) is 71.3 Å². The number of benzene rings is 2. The van der Waals surface area contributed by atoms with Gasteiger partial charge in [0.15, 0.2) is 11.5 Å². The fourth-order valence-corrected chi connectivity index (χ4v) is 7.41. The van der Waals surface area contributed by atoms with E-state index in [-0.39, 0.29) is 29.8 Å². The highest BCUT2D eigenvalue weighted by molar-refractivity contribution is 5.94. The largest absolute Gasteiger partial charge is 0.504 e. The van der Waals surface area contributed by atoms with Crippen LogP contribution >= 0.6 is 0 Å². The van der Waals surface area contributed by atoms with Crippen LogP contribution in [0.5, 0.6) is 11.5 Å². The van der Waals surface area contributed by atoms with Gasteiger partial charge in [-0.05, 0) is 62.1 Å². The maximum absolute atomic E-state index is 13.2. The molecule has 1 saturated carbocycles. The first-order chi connectivity index (χ1) is 17.3. The third-order valence-electron chi connectivity index (χ3n) is 9.05. The van der Waals surface area contributed by atoms with Gasteiger partial charge in [-0.15, -0.1) is 6.58 Å². The summed E-state index contributed by atoms with van der Waals surface area (Å²) in [5.41, 5.74) is 2.32. The molecular formula is C30H32N2O4. The van der Waals surface area contributed by atoms with Crippen LogP contribution in [0, 0.1) is 18.8 Å². The van der Waals surface area contributed by atoms with Crippen LogP contribution in [-0.2, 0) is 16.6 Å². The summed E-state index contributed by atoms with van der Waals surface area (Å²) >= 11 is 0. The van der Waals surface area contributed by atoms with Gasteiger partial charge in [-0.2, -0.15) is 0 Å². The first-order valence-electron chi connectivity index (χ1n) is 12.7. The summed E-state index contributed by atoms with van der Waals surface area (Å²) in [6, 6.07) is 11.1. The number of ether oxygens (including phenoxy) is 1. The molecule has 2 bridgehead atoms. The number of hydrogen-bond acceptors (Lipinski definition) is 5. The summed E-state index contributed by atoms with van der Waals surface area (Å²) in [6.07, 6.45) is 3.99. The number of carbonyl (C=O) groups excluding carboxylic acids is 1. The van der Waals surface area contributed by atoms with E-state index in [0.29, 0.717) is 31.6 Å². The van der Waals surface area contributed by atoms with Gasteiger partial charge in [0.1, 0.15) is 6.10 Å². The number of piperidine rings is 1. The number of likely N-dealkylation sites (tertiary alicyclic amines) is 1. The molecule has 0 unspecified atom stereocenters. The molecule has 36 heavy (non-hydrogen) atoms. The van der Waals surface area contributed by atoms with Crippen molar-refractivity contribution in [2.24, 2.45) is 0 Å². The first kappa shape index (κ1) is 23.1. The van der Waals surface area contributed by atoms with Crippen molar-refractivity contribution in [3.63, 3.8) is 0 Å². The van der Waals surface area contributed by atoms with E-state index in [1.54, 1.807) is 18.0 Å². The Bertz CT molecular complexity index is 1330. The second-order valence-corrected chi connectivity index (χ2v) is 10.8.